The van der Waals surface area contributed by atoms with Crippen molar-refractivity contribution in [3.63, 3.8) is 0 Å². The summed E-state index contributed by atoms with van der Waals surface area (Å²) in [5.41, 5.74) is 8.24. The molecule has 0 bridgehead atoms. The maximum absolute atomic E-state index is 5.73. The summed E-state index contributed by atoms with van der Waals surface area (Å²) < 4.78 is 27.7. The summed E-state index contributed by atoms with van der Waals surface area (Å²) in [6.07, 6.45) is 4.30. The third-order valence-corrected chi connectivity index (χ3v) is 4.84. The zero-order valence-electron chi connectivity index (χ0n) is 19.8. The summed E-state index contributed by atoms with van der Waals surface area (Å²) >= 11 is 0. The smallest absolute Gasteiger partial charge is 0.119 e. The van der Waals surface area contributed by atoms with Crippen LogP contribution in [0.5, 0.6) is 5.75 Å². The van der Waals surface area contributed by atoms with Crippen LogP contribution in [0.1, 0.15) is 45.1 Å². The summed E-state index contributed by atoms with van der Waals surface area (Å²) in [5, 5.41) is 0. The highest BCUT2D eigenvalue weighted by Gasteiger charge is 2.06. The molecule has 31 heavy (non-hydrogen) atoms. The number of hydrazine groups is 1. The molecule has 0 unspecified atom stereocenters. The van der Waals surface area contributed by atoms with E-state index in [1.54, 1.807) is 0 Å². The number of nitrogens with one attached hydrogen (secondary N) is 2. The lowest BCUT2D eigenvalue weighted by atomic mass is 9.94. The van der Waals surface area contributed by atoms with Gasteiger partial charge in [-0.1, -0.05) is 32.1 Å². The van der Waals surface area contributed by atoms with E-state index in [-0.39, 0.29) is 0 Å². The van der Waals surface area contributed by atoms with Gasteiger partial charge in [0, 0.05) is 12.7 Å². The van der Waals surface area contributed by atoms with E-state index in [4.69, 9.17) is 23.7 Å². The van der Waals surface area contributed by atoms with E-state index < -0.39 is 0 Å². The molecular weight excluding hydrogens is 396 g/mol. The normalized spacial score (nSPS) is 11.8. The van der Waals surface area contributed by atoms with Gasteiger partial charge in [0.15, 0.2) is 0 Å². The molecule has 0 spiro atoms. The molecule has 0 aromatic heterocycles. The van der Waals surface area contributed by atoms with Crippen molar-refractivity contribution in [3.05, 3.63) is 41.6 Å². The first-order valence-corrected chi connectivity index (χ1v) is 11.4. The predicted octanol–water partition coefficient (Wildman–Crippen LogP) is 3.66. The van der Waals surface area contributed by atoms with E-state index in [1.165, 1.54) is 18.4 Å². The lowest BCUT2D eigenvalue weighted by Crippen LogP contribution is -2.29. The Morgan fingerprint density at radius 3 is 1.81 bits per heavy atom. The average molecular weight is 439 g/mol. The lowest BCUT2D eigenvalue weighted by molar-refractivity contribution is -0.00298. The van der Waals surface area contributed by atoms with Crippen LogP contribution in [0.3, 0.4) is 0 Å². The first-order chi connectivity index (χ1) is 15.2. The summed E-state index contributed by atoms with van der Waals surface area (Å²) in [6, 6.07) is 8.41. The van der Waals surface area contributed by atoms with Crippen molar-refractivity contribution in [1.82, 2.24) is 10.9 Å². The van der Waals surface area contributed by atoms with E-state index in [0.29, 0.717) is 65.4 Å². The van der Waals surface area contributed by atoms with Crippen LogP contribution in [0.15, 0.2) is 36.0 Å². The average Bonchev–Trinajstić information content (AvgIpc) is 2.80. The summed E-state index contributed by atoms with van der Waals surface area (Å²) in [6.45, 7) is 11.3. The molecule has 0 heterocycles. The fraction of sp³-hybridized carbons (Fsp3) is 0.667. The maximum atomic E-state index is 5.73. The van der Waals surface area contributed by atoms with Gasteiger partial charge in [0.1, 0.15) is 12.4 Å². The van der Waals surface area contributed by atoms with Crippen molar-refractivity contribution in [2.75, 3.05) is 66.5 Å². The first kappa shape index (κ1) is 27.4. The van der Waals surface area contributed by atoms with Crippen LogP contribution in [0.25, 0.3) is 0 Å². The van der Waals surface area contributed by atoms with Crippen LogP contribution >= 0.6 is 0 Å². The van der Waals surface area contributed by atoms with E-state index in [2.05, 4.69) is 36.8 Å². The zero-order valence-corrected chi connectivity index (χ0v) is 19.8. The highest BCUT2D eigenvalue weighted by molar-refractivity contribution is 5.29. The molecule has 0 fully saturated rings. The molecule has 0 aliphatic heterocycles. The monoisotopic (exact) mass is 438 g/mol. The van der Waals surface area contributed by atoms with Crippen molar-refractivity contribution in [1.29, 1.82) is 0 Å². The second-order valence-electron chi connectivity index (χ2n) is 7.01. The van der Waals surface area contributed by atoms with Gasteiger partial charge in [-0.3, -0.25) is 0 Å². The second kappa shape index (κ2) is 19.1. The predicted molar refractivity (Wildman–Crippen MR) is 124 cm³/mol. The molecule has 1 aromatic carbocycles. The minimum atomic E-state index is 0.530. The molecule has 0 saturated carbocycles. The Hall–Kier alpha value is -1.64. The number of hydrogen-bond donors (Lipinski definition) is 2. The van der Waals surface area contributed by atoms with Gasteiger partial charge >= 0.3 is 0 Å². The zero-order chi connectivity index (χ0) is 22.6. The third-order valence-electron chi connectivity index (χ3n) is 4.84. The van der Waals surface area contributed by atoms with Crippen LogP contribution in [-0.4, -0.2) is 66.5 Å². The quantitative estimate of drug-likeness (QED) is 0.238. The number of ether oxygens (including phenoxy) is 5. The molecule has 0 amide bonds. The first-order valence-electron chi connectivity index (χ1n) is 11.4. The Morgan fingerprint density at radius 2 is 1.32 bits per heavy atom. The molecule has 7 nitrogen and oxygen atoms in total. The molecule has 2 N–H and O–H groups in total. The van der Waals surface area contributed by atoms with Crippen molar-refractivity contribution >= 4 is 0 Å². The van der Waals surface area contributed by atoms with Crippen LogP contribution in [0.4, 0.5) is 0 Å². The van der Waals surface area contributed by atoms with Crippen molar-refractivity contribution in [2.45, 2.75) is 39.5 Å². The Kier molecular flexibility index (Phi) is 16.9. The summed E-state index contributed by atoms with van der Waals surface area (Å²) in [5.74, 6) is 1.52. The van der Waals surface area contributed by atoms with Crippen molar-refractivity contribution < 1.29 is 23.7 Å². The number of hydrogen-bond acceptors (Lipinski definition) is 7. The standard InChI is InChI=1S/C24H42N2O5/c1-5-21(6-2)22-8-10-24(11-9-22)31-19-18-29-15-14-27-12-13-28-16-17-30-20-23(7-3)26-25-4/h7-11,21,25-26H,5-6,12-20H2,1-4H3/b23-7-. The molecule has 0 aliphatic rings. The van der Waals surface area contributed by atoms with Gasteiger partial charge in [0.05, 0.1) is 52.9 Å². The van der Waals surface area contributed by atoms with Crippen LogP contribution in [0.2, 0.25) is 0 Å². The van der Waals surface area contributed by atoms with Gasteiger partial charge in [-0.2, -0.15) is 0 Å². The fourth-order valence-corrected chi connectivity index (χ4v) is 3.01. The van der Waals surface area contributed by atoms with E-state index >= 15 is 0 Å². The second-order valence-corrected chi connectivity index (χ2v) is 7.01. The highest BCUT2D eigenvalue weighted by atomic mass is 16.6. The molecule has 0 aliphatic carbocycles. The van der Waals surface area contributed by atoms with E-state index in [0.717, 1.165) is 11.4 Å². The van der Waals surface area contributed by atoms with Crippen molar-refractivity contribution in [3.8, 4) is 5.75 Å². The Labute approximate surface area is 188 Å². The molecule has 1 aromatic rings. The minimum absolute atomic E-state index is 0.530. The SMILES string of the molecule is C/C=C(/COCCOCCOCCOCCOc1ccc(C(CC)CC)cc1)NNC. The van der Waals surface area contributed by atoms with Crippen molar-refractivity contribution in [2.24, 2.45) is 0 Å². The van der Waals surface area contributed by atoms with Crippen LogP contribution in [-0.2, 0) is 18.9 Å². The molecule has 7 heteroatoms. The van der Waals surface area contributed by atoms with Gasteiger partial charge in [-0.25, -0.2) is 5.43 Å². The van der Waals surface area contributed by atoms with Gasteiger partial charge < -0.3 is 29.1 Å². The summed E-state index contributed by atoms with van der Waals surface area (Å²) in [4.78, 5) is 0. The number of allylic oxidation sites excluding steroid dienone is 1. The topological polar surface area (TPSA) is 70.2 Å². The molecule has 0 saturated heterocycles. The van der Waals surface area contributed by atoms with Gasteiger partial charge in [-0.15, -0.1) is 0 Å². The Balaban J connectivity index is 1.89. The van der Waals surface area contributed by atoms with Gasteiger partial charge in [-0.05, 0) is 43.4 Å². The third kappa shape index (κ3) is 13.4. The Bertz CT molecular complexity index is 562. The molecule has 1 rings (SSSR count). The number of benzene rings is 1. The van der Waals surface area contributed by atoms with Crippen LogP contribution < -0.4 is 15.6 Å². The van der Waals surface area contributed by atoms with Gasteiger partial charge in [0.2, 0.25) is 0 Å². The molecule has 0 radical (unpaired) electrons. The van der Waals surface area contributed by atoms with Crippen LogP contribution in [0, 0.1) is 0 Å². The number of rotatable bonds is 20. The van der Waals surface area contributed by atoms with Gasteiger partial charge in [0.25, 0.3) is 0 Å². The Morgan fingerprint density at radius 1 is 0.806 bits per heavy atom. The largest absolute Gasteiger partial charge is 0.491 e. The maximum Gasteiger partial charge on any atom is 0.119 e. The molecule has 0 atom stereocenters. The van der Waals surface area contributed by atoms with E-state index in [1.807, 2.05) is 32.2 Å². The minimum Gasteiger partial charge on any atom is -0.491 e. The lowest BCUT2D eigenvalue weighted by Gasteiger charge is -2.13. The fourth-order valence-electron chi connectivity index (χ4n) is 3.01. The van der Waals surface area contributed by atoms with E-state index in [9.17, 15) is 0 Å². The highest BCUT2D eigenvalue weighted by Crippen LogP contribution is 2.24. The molecule has 178 valence electrons. The summed E-state index contributed by atoms with van der Waals surface area (Å²) in [7, 11) is 1.82. The molecular formula is C24H42N2O5.